The smallest absolute Gasteiger partial charge is 0.253 e. The van der Waals surface area contributed by atoms with Crippen molar-refractivity contribution < 1.29 is 14.1 Å². The van der Waals surface area contributed by atoms with Crippen LogP contribution in [0.4, 0.5) is 0 Å². The molecule has 0 unspecified atom stereocenters. The quantitative estimate of drug-likeness (QED) is 0.281. The van der Waals surface area contributed by atoms with Gasteiger partial charge in [-0.1, -0.05) is 52.6 Å². The van der Waals surface area contributed by atoms with Gasteiger partial charge in [-0.25, -0.2) is 4.98 Å². The molecule has 0 spiro atoms. The second kappa shape index (κ2) is 10.9. The molecule has 7 nitrogen and oxygen atoms in total. The maximum absolute atomic E-state index is 13.5. The van der Waals surface area contributed by atoms with Gasteiger partial charge in [0.1, 0.15) is 6.10 Å². The number of carbonyl (C=O) groups is 1. The van der Waals surface area contributed by atoms with Gasteiger partial charge in [-0.05, 0) is 49.2 Å². The van der Waals surface area contributed by atoms with E-state index in [9.17, 15) is 4.79 Å². The van der Waals surface area contributed by atoms with Crippen molar-refractivity contribution in [1.29, 1.82) is 0 Å². The lowest BCUT2D eigenvalue weighted by Crippen LogP contribution is -2.46. The molecule has 1 aliphatic heterocycles. The second-order valence-corrected chi connectivity index (χ2v) is 10.1. The number of nitrogens with zero attached hydrogens (tertiary/aromatic N) is 4. The van der Waals surface area contributed by atoms with Crippen molar-refractivity contribution in [3.8, 4) is 17.3 Å². The van der Waals surface area contributed by atoms with Crippen LogP contribution in [0.15, 0.2) is 71.4 Å². The molecule has 0 bridgehead atoms. The van der Waals surface area contributed by atoms with Crippen molar-refractivity contribution in [2.24, 2.45) is 5.92 Å². The predicted molar refractivity (Wildman–Crippen MR) is 142 cm³/mol. The summed E-state index contributed by atoms with van der Waals surface area (Å²) in [5, 5.41) is 5.18. The first-order valence-corrected chi connectivity index (χ1v) is 12.9. The van der Waals surface area contributed by atoms with Crippen molar-refractivity contribution in [3.63, 3.8) is 0 Å². The topological polar surface area (TPSA) is 81.4 Å². The summed E-state index contributed by atoms with van der Waals surface area (Å²) >= 11 is 12.1. The molecule has 37 heavy (non-hydrogen) atoms. The number of hydrogen-bond donors (Lipinski definition) is 0. The number of piperidine rings is 1. The first-order valence-electron chi connectivity index (χ1n) is 12.1. The highest BCUT2D eigenvalue weighted by Gasteiger charge is 2.37. The SMILES string of the molecule is Cc1nc(-c2ccc(C(=O)N3CC[C@H]([C@H](C)Oc4ccc(Cl)cn4)[C@@H](c4ccc(Cl)cc4)C3)cc2)no1. The normalized spacial score (nSPS) is 18.4. The highest BCUT2D eigenvalue weighted by Crippen LogP contribution is 2.37. The van der Waals surface area contributed by atoms with Crippen molar-refractivity contribution in [3.05, 3.63) is 93.9 Å². The van der Waals surface area contributed by atoms with Gasteiger partial charge in [0.15, 0.2) is 0 Å². The number of pyridine rings is 1. The number of aryl methyl sites for hydroxylation is 1. The first-order chi connectivity index (χ1) is 17.9. The minimum atomic E-state index is -0.121. The number of halogens is 2. The molecule has 190 valence electrons. The first kappa shape index (κ1) is 25.2. The Kier molecular flexibility index (Phi) is 7.44. The van der Waals surface area contributed by atoms with Gasteiger partial charge in [0.2, 0.25) is 17.6 Å². The van der Waals surface area contributed by atoms with Crippen LogP contribution in [-0.2, 0) is 0 Å². The van der Waals surface area contributed by atoms with E-state index in [1.807, 2.05) is 53.4 Å². The molecule has 5 rings (SSSR count). The molecule has 3 heterocycles. The maximum atomic E-state index is 13.5. The van der Waals surface area contributed by atoms with Crippen LogP contribution in [0, 0.1) is 12.8 Å². The summed E-state index contributed by atoms with van der Waals surface area (Å²) in [7, 11) is 0. The van der Waals surface area contributed by atoms with Crippen molar-refractivity contribution in [2.45, 2.75) is 32.3 Å². The molecule has 0 saturated carbocycles. The van der Waals surface area contributed by atoms with E-state index in [-0.39, 0.29) is 23.8 Å². The van der Waals surface area contributed by atoms with Crippen LogP contribution in [0.5, 0.6) is 5.88 Å². The van der Waals surface area contributed by atoms with E-state index in [2.05, 4.69) is 22.0 Å². The lowest BCUT2D eigenvalue weighted by molar-refractivity contribution is 0.0484. The number of benzene rings is 2. The molecule has 0 aliphatic carbocycles. The lowest BCUT2D eigenvalue weighted by Gasteiger charge is -2.41. The lowest BCUT2D eigenvalue weighted by atomic mass is 9.77. The Morgan fingerprint density at radius 1 is 1.05 bits per heavy atom. The van der Waals surface area contributed by atoms with E-state index < -0.39 is 0 Å². The maximum Gasteiger partial charge on any atom is 0.253 e. The number of hydrogen-bond acceptors (Lipinski definition) is 6. The van der Waals surface area contributed by atoms with Crippen LogP contribution >= 0.6 is 23.2 Å². The predicted octanol–water partition coefficient (Wildman–Crippen LogP) is 6.46. The largest absolute Gasteiger partial charge is 0.474 e. The van der Waals surface area contributed by atoms with E-state index in [1.165, 1.54) is 0 Å². The Bertz CT molecular complexity index is 1360. The van der Waals surface area contributed by atoms with E-state index >= 15 is 0 Å². The van der Waals surface area contributed by atoms with Crippen LogP contribution < -0.4 is 4.74 Å². The molecule has 1 fully saturated rings. The third kappa shape index (κ3) is 5.78. The van der Waals surface area contributed by atoms with E-state index in [4.69, 9.17) is 32.5 Å². The molecule has 2 aromatic carbocycles. The fourth-order valence-electron chi connectivity index (χ4n) is 4.85. The number of carbonyl (C=O) groups excluding carboxylic acids is 1. The number of rotatable bonds is 6. The third-order valence-electron chi connectivity index (χ3n) is 6.78. The standard InChI is InChI=1S/C28H26Cl2N4O3/c1-17(36-26-12-11-23(30)15-31-26)24-13-14-34(16-25(24)19-7-9-22(29)10-8-19)28(35)21-5-3-20(4-6-21)27-32-18(2)37-33-27/h3-12,15,17,24-25H,13-14,16H2,1-2H3/t17-,24+,25+/m0/s1. The molecule has 1 aliphatic rings. The highest BCUT2D eigenvalue weighted by molar-refractivity contribution is 6.30. The summed E-state index contributed by atoms with van der Waals surface area (Å²) in [5.74, 6) is 1.76. The molecular formula is C28H26Cl2N4O3. The van der Waals surface area contributed by atoms with Gasteiger partial charge in [0, 0.05) is 60.3 Å². The summed E-state index contributed by atoms with van der Waals surface area (Å²) in [6.45, 7) is 4.99. The van der Waals surface area contributed by atoms with Gasteiger partial charge >= 0.3 is 0 Å². The molecule has 9 heteroatoms. The summed E-state index contributed by atoms with van der Waals surface area (Å²) < 4.78 is 11.3. The zero-order valence-corrected chi connectivity index (χ0v) is 22.0. The van der Waals surface area contributed by atoms with Gasteiger partial charge in [-0.15, -0.1) is 0 Å². The van der Waals surface area contributed by atoms with Gasteiger partial charge in [0.25, 0.3) is 5.91 Å². The molecular weight excluding hydrogens is 511 g/mol. The monoisotopic (exact) mass is 536 g/mol. The Labute approximate surface area is 225 Å². The Balaban J connectivity index is 1.34. The second-order valence-electron chi connectivity index (χ2n) is 9.21. The molecule has 4 aromatic rings. The van der Waals surface area contributed by atoms with E-state index in [0.29, 0.717) is 46.3 Å². The van der Waals surface area contributed by atoms with E-state index in [0.717, 1.165) is 17.5 Å². The highest BCUT2D eigenvalue weighted by atomic mass is 35.5. The number of ether oxygens (including phenoxy) is 1. The Morgan fingerprint density at radius 3 is 2.43 bits per heavy atom. The molecule has 1 amide bonds. The molecule has 2 aromatic heterocycles. The number of likely N-dealkylation sites (tertiary alicyclic amines) is 1. The van der Waals surface area contributed by atoms with Crippen molar-refractivity contribution in [2.75, 3.05) is 13.1 Å². The van der Waals surface area contributed by atoms with Crippen LogP contribution in [-0.4, -0.2) is 45.1 Å². The minimum Gasteiger partial charge on any atom is -0.474 e. The molecule has 0 N–H and O–H groups in total. The zero-order chi connectivity index (χ0) is 25.9. The Hall–Kier alpha value is -3.42. The summed E-state index contributed by atoms with van der Waals surface area (Å²) in [5.41, 5.74) is 2.54. The van der Waals surface area contributed by atoms with E-state index in [1.54, 1.807) is 25.3 Å². The van der Waals surface area contributed by atoms with Gasteiger partial charge < -0.3 is 14.2 Å². The van der Waals surface area contributed by atoms with Crippen molar-refractivity contribution >= 4 is 29.1 Å². The van der Waals surface area contributed by atoms with Crippen LogP contribution in [0.25, 0.3) is 11.4 Å². The fourth-order valence-corrected chi connectivity index (χ4v) is 5.09. The molecule has 1 saturated heterocycles. The zero-order valence-electron chi connectivity index (χ0n) is 20.5. The number of aromatic nitrogens is 3. The summed E-state index contributed by atoms with van der Waals surface area (Å²) in [6.07, 6.45) is 2.24. The average Bonchev–Trinajstić information content (AvgIpc) is 3.36. The third-order valence-corrected chi connectivity index (χ3v) is 7.25. The minimum absolute atomic E-state index is 0.0128. The summed E-state index contributed by atoms with van der Waals surface area (Å²) in [6, 6.07) is 18.7. The molecule has 3 atom stereocenters. The number of amides is 1. The van der Waals surface area contributed by atoms with Crippen molar-refractivity contribution in [1.82, 2.24) is 20.0 Å². The van der Waals surface area contributed by atoms with Crippen LogP contribution in [0.1, 0.15) is 41.1 Å². The van der Waals surface area contributed by atoms with Gasteiger partial charge in [-0.2, -0.15) is 4.98 Å². The van der Waals surface area contributed by atoms with Crippen LogP contribution in [0.2, 0.25) is 10.0 Å². The fraction of sp³-hybridized carbons (Fsp3) is 0.286. The van der Waals surface area contributed by atoms with Gasteiger partial charge in [0.05, 0.1) is 5.02 Å². The average molecular weight is 537 g/mol. The van der Waals surface area contributed by atoms with Gasteiger partial charge in [-0.3, -0.25) is 4.79 Å². The molecule has 0 radical (unpaired) electrons. The Morgan fingerprint density at radius 2 is 1.78 bits per heavy atom. The summed E-state index contributed by atoms with van der Waals surface area (Å²) in [4.78, 5) is 23.9. The van der Waals surface area contributed by atoms with Crippen LogP contribution in [0.3, 0.4) is 0 Å².